The predicted molar refractivity (Wildman–Crippen MR) is 83.1 cm³/mol. The molecule has 1 aromatic heterocycles. The zero-order chi connectivity index (χ0) is 13.3. The van der Waals surface area contributed by atoms with E-state index in [2.05, 4.69) is 56.7 Å². The van der Waals surface area contributed by atoms with E-state index < -0.39 is 0 Å². The number of hydrogen-bond acceptors (Lipinski definition) is 4. The maximum absolute atomic E-state index is 6.01. The van der Waals surface area contributed by atoms with Gasteiger partial charge in [0.1, 0.15) is 0 Å². The number of halogens is 2. The number of thiophene rings is 1. The molecule has 0 aromatic carbocycles. The van der Waals surface area contributed by atoms with E-state index in [4.69, 9.17) is 10.5 Å². The normalized spacial score (nSPS) is 22.1. The molecule has 6 heteroatoms. The maximum atomic E-state index is 6.01. The summed E-state index contributed by atoms with van der Waals surface area (Å²) in [4.78, 5) is 3.76. The second-order valence-electron chi connectivity index (χ2n) is 5.08. The standard InChI is InChI=1S/C12H18Br2N2OS/c1-12(2)7-17-4-3-16(12)9(6-15)10-5-8(13)11(14)18-10/h5,9H,3-4,6-7,15H2,1-2H3. The van der Waals surface area contributed by atoms with Gasteiger partial charge in [-0.15, -0.1) is 11.3 Å². The predicted octanol–water partition coefficient (Wildman–Crippen LogP) is 3.38. The van der Waals surface area contributed by atoms with Gasteiger partial charge in [-0.2, -0.15) is 0 Å². The summed E-state index contributed by atoms with van der Waals surface area (Å²) in [5.74, 6) is 0. The Bertz CT molecular complexity index is 403. The van der Waals surface area contributed by atoms with Crippen molar-refractivity contribution in [1.82, 2.24) is 4.90 Å². The molecule has 1 aromatic rings. The Hall–Kier alpha value is 0.540. The Morgan fingerprint density at radius 1 is 1.56 bits per heavy atom. The van der Waals surface area contributed by atoms with E-state index in [9.17, 15) is 0 Å². The number of ether oxygens (including phenoxy) is 1. The Morgan fingerprint density at radius 3 is 2.78 bits per heavy atom. The van der Waals surface area contributed by atoms with Crippen molar-refractivity contribution >= 4 is 43.2 Å². The molecule has 2 heterocycles. The van der Waals surface area contributed by atoms with Gasteiger partial charge in [0.2, 0.25) is 0 Å². The number of morpholine rings is 1. The number of nitrogens with two attached hydrogens (primary N) is 1. The summed E-state index contributed by atoms with van der Waals surface area (Å²) in [6.07, 6.45) is 0. The van der Waals surface area contributed by atoms with Gasteiger partial charge in [-0.05, 0) is 51.8 Å². The van der Waals surface area contributed by atoms with Gasteiger partial charge in [0.05, 0.1) is 23.0 Å². The van der Waals surface area contributed by atoms with Crippen LogP contribution < -0.4 is 5.73 Å². The smallest absolute Gasteiger partial charge is 0.0843 e. The van der Waals surface area contributed by atoms with Gasteiger partial charge >= 0.3 is 0 Å². The van der Waals surface area contributed by atoms with Crippen molar-refractivity contribution in [2.45, 2.75) is 25.4 Å². The number of nitrogens with zero attached hydrogens (tertiary/aromatic N) is 1. The molecule has 18 heavy (non-hydrogen) atoms. The van der Waals surface area contributed by atoms with Crippen LogP contribution in [0.5, 0.6) is 0 Å². The monoisotopic (exact) mass is 396 g/mol. The van der Waals surface area contributed by atoms with Crippen LogP contribution in [0.15, 0.2) is 14.3 Å². The van der Waals surface area contributed by atoms with E-state index in [1.54, 1.807) is 11.3 Å². The number of hydrogen-bond donors (Lipinski definition) is 1. The van der Waals surface area contributed by atoms with Crippen LogP contribution in [0.2, 0.25) is 0 Å². The van der Waals surface area contributed by atoms with Crippen molar-refractivity contribution in [3.05, 3.63) is 19.2 Å². The van der Waals surface area contributed by atoms with Gasteiger partial charge in [-0.3, -0.25) is 4.90 Å². The molecule has 1 aliphatic heterocycles. The van der Waals surface area contributed by atoms with Crippen LogP contribution in [0.3, 0.4) is 0 Å². The van der Waals surface area contributed by atoms with Crippen molar-refractivity contribution < 1.29 is 4.74 Å². The molecule has 1 atom stereocenters. The Labute approximate surface area is 129 Å². The highest BCUT2D eigenvalue weighted by Crippen LogP contribution is 2.39. The highest BCUT2D eigenvalue weighted by atomic mass is 79.9. The molecule has 1 saturated heterocycles. The Kier molecular flexibility index (Phi) is 4.89. The number of rotatable bonds is 3. The van der Waals surface area contributed by atoms with Gasteiger partial charge in [0.15, 0.2) is 0 Å². The molecule has 1 aliphatic rings. The van der Waals surface area contributed by atoms with Crippen molar-refractivity contribution in [2.75, 3.05) is 26.3 Å². The summed E-state index contributed by atoms with van der Waals surface area (Å²) < 4.78 is 7.81. The molecule has 2 rings (SSSR count). The third-order valence-corrected chi connectivity index (χ3v) is 6.66. The molecule has 0 bridgehead atoms. The molecular weight excluding hydrogens is 380 g/mol. The van der Waals surface area contributed by atoms with Crippen LogP contribution >= 0.6 is 43.2 Å². The van der Waals surface area contributed by atoms with E-state index in [0.717, 1.165) is 28.0 Å². The minimum Gasteiger partial charge on any atom is -0.378 e. The first-order valence-corrected chi connectivity index (χ1v) is 8.35. The quantitative estimate of drug-likeness (QED) is 0.849. The van der Waals surface area contributed by atoms with E-state index in [1.807, 2.05) is 0 Å². The van der Waals surface area contributed by atoms with E-state index in [0.29, 0.717) is 6.54 Å². The SMILES string of the molecule is CC1(C)COCCN1C(CN)c1cc(Br)c(Br)s1. The molecular formula is C12H18Br2N2OS. The molecule has 102 valence electrons. The highest BCUT2D eigenvalue weighted by molar-refractivity contribution is 9.13. The van der Waals surface area contributed by atoms with Crippen LogP contribution in [0.4, 0.5) is 0 Å². The topological polar surface area (TPSA) is 38.5 Å². The van der Waals surface area contributed by atoms with Crippen LogP contribution in [0.1, 0.15) is 24.8 Å². The zero-order valence-electron chi connectivity index (χ0n) is 10.6. The maximum Gasteiger partial charge on any atom is 0.0843 e. The van der Waals surface area contributed by atoms with Crippen LogP contribution in [0, 0.1) is 0 Å². The lowest BCUT2D eigenvalue weighted by Crippen LogP contribution is -2.55. The molecule has 1 unspecified atom stereocenters. The van der Waals surface area contributed by atoms with Crippen LogP contribution in [-0.4, -0.2) is 36.7 Å². The first-order chi connectivity index (χ1) is 8.45. The molecule has 0 saturated carbocycles. The van der Waals surface area contributed by atoms with Gasteiger partial charge in [-0.1, -0.05) is 0 Å². The summed E-state index contributed by atoms with van der Waals surface area (Å²) in [5.41, 5.74) is 6.04. The minimum atomic E-state index is 0.0330. The summed E-state index contributed by atoms with van der Waals surface area (Å²) in [5, 5.41) is 0. The molecule has 1 fully saturated rings. The second kappa shape index (κ2) is 5.89. The third-order valence-electron chi connectivity index (χ3n) is 3.30. The fourth-order valence-electron chi connectivity index (χ4n) is 2.37. The van der Waals surface area contributed by atoms with Gasteiger partial charge in [0, 0.05) is 28.0 Å². The fourth-order valence-corrected chi connectivity index (χ4v) is 4.59. The van der Waals surface area contributed by atoms with Crippen LogP contribution in [-0.2, 0) is 4.74 Å². The summed E-state index contributed by atoms with van der Waals surface area (Å²) >= 11 is 8.85. The highest BCUT2D eigenvalue weighted by Gasteiger charge is 2.36. The average Bonchev–Trinajstić information content (AvgIpc) is 2.62. The van der Waals surface area contributed by atoms with Crippen molar-refractivity contribution in [3.8, 4) is 0 Å². The van der Waals surface area contributed by atoms with Crippen molar-refractivity contribution in [2.24, 2.45) is 5.73 Å². The van der Waals surface area contributed by atoms with E-state index in [1.165, 1.54) is 4.88 Å². The first-order valence-electron chi connectivity index (χ1n) is 5.95. The molecule has 0 aliphatic carbocycles. The fraction of sp³-hybridized carbons (Fsp3) is 0.667. The lowest BCUT2D eigenvalue weighted by molar-refractivity contribution is -0.0706. The van der Waals surface area contributed by atoms with Gasteiger partial charge < -0.3 is 10.5 Å². The summed E-state index contributed by atoms with van der Waals surface area (Å²) in [6.45, 7) is 7.54. The second-order valence-corrected chi connectivity index (χ2v) is 8.34. The van der Waals surface area contributed by atoms with Crippen LogP contribution in [0.25, 0.3) is 0 Å². The van der Waals surface area contributed by atoms with E-state index in [-0.39, 0.29) is 11.6 Å². The average molecular weight is 398 g/mol. The summed E-state index contributed by atoms with van der Waals surface area (Å²) in [7, 11) is 0. The zero-order valence-corrected chi connectivity index (χ0v) is 14.6. The molecule has 0 spiro atoms. The molecule has 0 amide bonds. The Morgan fingerprint density at radius 2 is 2.28 bits per heavy atom. The lowest BCUT2D eigenvalue weighted by atomic mass is 9.99. The van der Waals surface area contributed by atoms with Crippen molar-refractivity contribution in [3.63, 3.8) is 0 Å². The lowest BCUT2D eigenvalue weighted by Gasteiger charge is -2.46. The van der Waals surface area contributed by atoms with Crippen molar-refractivity contribution in [1.29, 1.82) is 0 Å². The molecule has 2 N–H and O–H groups in total. The minimum absolute atomic E-state index is 0.0330. The van der Waals surface area contributed by atoms with Gasteiger partial charge in [0.25, 0.3) is 0 Å². The van der Waals surface area contributed by atoms with Gasteiger partial charge in [-0.25, -0.2) is 0 Å². The van der Waals surface area contributed by atoms with E-state index >= 15 is 0 Å². The summed E-state index contributed by atoms with van der Waals surface area (Å²) in [6, 6.07) is 2.43. The molecule has 0 radical (unpaired) electrons. The largest absolute Gasteiger partial charge is 0.378 e. The molecule has 3 nitrogen and oxygen atoms in total. The Balaban J connectivity index is 2.27. The first kappa shape index (κ1) is 14.9. The third kappa shape index (κ3) is 2.99.